The molecule has 0 radical (unpaired) electrons. The number of hydrogen-bond acceptors (Lipinski definition) is 4. The van der Waals surface area contributed by atoms with Crippen LogP contribution >= 0.6 is 0 Å². The molecule has 0 atom stereocenters. The number of rotatable bonds is 1. The zero-order chi connectivity index (χ0) is 12.5. The fourth-order valence-electron chi connectivity index (χ4n) is 1.36. The summed E-state index contributed by atoms with van der Waals surface area (Å²) in [6.45, 7) is 0. The molecule has 0 saturated heterocycles. The van der Waals surface area contributed by atoms with E-state index in [-0.39, 0.29) is 17.1 Å². The van der Waals surface area contributed by atoms with E-state index in [9.17, 15) is 13.2 Å². The summed E-state index contributed by atoms with van der Waals surface area (Å²) in [6, 6.07) is 0.889. The van der Waals surface area contributed by atoms with Crippen molar-refractivity contribution in [1.29, 1.82) is 0 Å². The molecule has 7 heteroatoms. The van der Waals surface area contributed by atoms with Gasteiger partial charge in [-0.15, -0.1) is 0 Å². The highest BCUT2D eigenvalue weighted by molar-refractivity contribution is 5.63. The molecule has 0 spiro atoms. The lowest BCUT2D eigenvalue weighted by atomic mass is 10.1. The molecule has 2 aromatic rings. The lowest BCUT2D eigenvalue weighted by Crippen LogP contribution is -2.08. The van der Waals surface area contributed by atoms with Crippen molar-refractivity contribution in [1.82, 2.24) is 15.0 Å². The number of hydrogen-bond donors (Lipinski definition) is 1. The third-order valence-electron chi connectivity index (χ3n) is 2.06. The van der Waals surface area contributed by atoms with Crippen molar-refractivity contribution in [3.05, 3.63) is 36.4 Å². The molecule has 17 heavy (non-hydrogen) atoms. The summed E-state index contributed by atoms with van der Waals surface area (Å²) in [5.41, 5.74) is 4.47. The molecule has 0 bridgehead atoms. The number of anilines is 1. The standard InChI is InChI=1S/C10H7F3N4/c11-10(12,13)7-1-2-15-3-6(7)8-4-16-5-9(14)17-8/h1-5H,(H2,14,17). The highest BCUT2D eigenvalue weighted by Gasteiger charge is 2.34. The van der Waals surface area contributed by atoms with E-state index >= 15 is 0 Å². The van der Waals surface area contributed by atoms with Crippen LogP contribution in [0.25, 0.3) is 11.3 Å². The predicted octanol–water partition coefficient (Wildman–Crippen LogP) is 2.14. The highest BCUT2D eigenvalue weighted by Crippen LogP contribution is 2.35. The molecule has 2 rings (SSSR count). The summed E-state index contributed by atoms with van der Waals surface area (Å²) >= 11 is 0. The van der Waals surface area contributed by atoms with Gasteiger partial charge in [-0.1, -0.05) is 0 Å². The molecule has 2 heterocycles. The van der Waals surface area contributed by atoms with Crippen molar-refractivity contribution < 1.29 is 13.2 Å². The van der Waals surface area contributed by atoms with Gasteiger partial charge < -0.3 is 5.73 Å². The molecular formula is C10H7F3N4. The van der Waals surface area contributed by atoms with Crippen molar-refractivity contribution in [3.8, 4) is 11.3 Å². The summed E-state index contributed by atoms with van der Waals surface area (Å²) in [7, 11) is 0. The van der Waals surface area contributed by atoms with E-state index in [4.69, 9.17) is 5.73 Å². The molecule has 2 aromatic heterocycles. The number of aromatic nitrogens is 3. The van der Waals surface area contributed by atoms with Gasteiger partial charge in [-0.05, 0) is 6.07 Å². The molecule has 0 amide bonds. The van der Waals surface area contributed by atoms with Gasteiger partial charge in [-0.3, -0.25) is 9.97 Å². The quantitative estimate of drug-likeness (QED) is 0.829. The molecule has 0 unspecified atom stereocenters. The third kappa shape index (κ3) is 2.32. The number of pyridine rings is 1. The Morgan fingerprint density at radius 1 is 1.06 bits per heavy atom. The van der Waals surface area contributed by atoms with Crippen LogP contribution in [0.15, 0.2) is 30.9 Å². The molecule has 0 aliphatic carbocycles. The normalized spacial score (nSPS) is 11.5. The van der Waals surface area contributed by atoms with Crippen molar-refractivity contribution in [2.24, 2.45) is 0 Å². The summed E-state index contributed by atoms with van der Waals surface area (Å²) in [5, 5.41) is 0. The van der Waals surface area contributed by atoms with Crippen LogP contribution in [0, 0.1) is 0 Å². The van der Waals surface area contributed by atoms with E-state index in [2.05, 4.69) is 15.0 Å². The maximum absolute atomic E-state index is 12.7. The van der Waals surface area contributed by atoms with Gasteiger partial charge in [0, 0.05) is 18.0 Å². The lowest BCUT2D eigenvalue weighted by molar-refractivity contribution is -0.137. The molecular weight excluding hydrogens is 233 g/mol. The summed E-state index contributed by atoms with van der Waals surface area (Å²) in [4.78, 5) is 11.2. The highest BCUT2D eigenvalue weighted by atomic mass is 19.4. The van der Waals surface area contributed by atoms with Crippen LogP contribution in [0.1, 0.15) is 5.56 Å². The van der Waals surface area contributed by atoms with E-state index in [0.717, 1.165) is 18.5 Å². The van der Waals surface area contributed by atoms with Gasteiger partial charge in [0.1, 0.15) is 5.82 Å². The SMILES string of the molecule is Nc1cncc(-c2cnccc2C(F)(F)F)n1. The van der Waals surface area contributed by atoms with Gasteiger partial charge in [0.25, 0.3) is 0 Å². The molecule has 0 aliphatic heterocycles. The molecule has 88 valence electrons. The number of halogens is 3. The monoisotopic (exact) mass is 240 g/mol. The van der Waals surface area contributed by atoms with Gasteiger partial charge in [0.15, 0.2) is 0 Å². The van der Waals surface area contributed by atoms with Crippen molar-refractivity contribution in [3.63, 3.8) is 0 Å². The van der Waals surface area contributed by atoms with Crippen LogP contribution in [0.5, 0.6) is 0 Å². The van der Waals surface area contributed by atoms with E-state index in [1.54, 1.807) is 0 Å². The van der Waals surface area contributed by atoms with E-state index in [1.807, 2.05) is 0 Å². The molecule has 0 aliphatic rings. The van der Waals surface area contributed by atoms with Crippen LogP contribution < -0.4 is 5.73 Å². The van der Waals surface area contributed by atoms with Crippen LogP contribution in [-0.2, 0) is 6.18 Å². The fourth-order valence-corrected chi connectivity index (χ4v) is 1.36. The molecule has 0 fully saturated rings. The number of nitrogens with two attached hydrogens (primary N) is 1. The molecule has 0 saturated carbocycles. The minimum Gasteiger partial charge on any atom is -0.382 e. The maximum atomic E-state index is 12.7. The van der Waals surface area contributed by atoms with E-state index in [1.165, 1.54) is 12.4 Å². The molecule has 4 nitrogen and oxygen atoms in total. The molecule has 0 aromatic carbocycles. The number of nitrogens with zero attached hydrogens (tertiary/aromatic N) is 3. The lowest BCUT2D eigenvalue weighted by Gasteiger charge is -2.11. The van der Waals surface area contributed by atoms with Crippen LogP contribution in [0.2, 0.25) is 0 Å². The Bertz CT molecular complexity index is 539. The Kier molecular flexibility index (Phi) is 2.66. The Morgan fingerprint density at radius 2 is 1.82 bits per heavy atom. The van der Waals surface area contributed by atoms with Gasteiger partial charge >= 0.3 is 6.18 Å². The maximum Gasteiger partial charge on any atom is 0.417 e. The summed E-state index contributed by atoms with van der Waals surface area (Å²) < 4.78 is 38.2. The first-order valence-corrected chi connectivity index (χ1v) is 4.57. The zero-order valence-electron chi connectivity index (χ0n) is 8.44. The predicted molar refractivity (Wildman–Crippen MR) is 54.7 cm³/mol. The van der Waals surface area contributed by atoms with Gasteiger partial charge in [-0.2, -0.15) is 13.2 Å². The second-order valence-corrected chi connectivity index (χ2v) is 3.25. The zero-order valence-corrected chi connectivity index (χ0v) is 8.44. The minimum absolute atomic E-state index is 0.0467. The first kappa shape index (κ1) is 11.3. The Balaban J connectivity index is 2.60. The largest absolute Gasteiger partial charge is 0.417 e. The molecule has 2 N–H and O–H groups in total. The average Bonchev–Trinajstić information content (AvgIpc) is 2.28. The third-order valence-corrected chi connectivity index (χ3v) is 2.06. The van der Waals surface area contributed by atoms with Gasteiger partial charge in [0.05, 0.1) is 23.7 Å². The van der Waals surface area contributed by atoms with Crippen LogP contribution in [-0.4, -0.2) is 15.0 Å². The van der Waals surface area contributed by atoms with Crippen molar-refractivity contribution >= 4 is 5.82 Å². The minimum atomic E-state index is -4.47. The first-order chi connectivity index (χ1) is 7.98. The van der Waals surface area contributed by atoms with Crippen LogP contribution in [0.4, 0.5) is 19.0 Å². The van der Waals surface area contributed by atoms with Gasteiger partial charge in [-0.25, -0.2) is 4.98 Å². The van der Waals surface area contributed by atoms with Crippen molar-refractivity contribution in [2.45, 2.75) is 6.18 Å². The fraction of sp³-hybridized carbons (Fsp3) is 0.100. The Labute approximate surface area is 94.3 Å². The number of nitrogen functional groups attached to an aromatic ring is 1. The number of alkyl halides is 3. The summed E-state index contributed by atoms with van der Waals surface area (Å²) in [5.74, 6) is 0.0551. The average molecular weight is 240 g/mol. The Hall–Kier alpha value is -2.18. The second-order valence-electron chi connectivity index (χ2n) is 3.25. The Morgan fingerprint density at radius 3 is 2.47 bits per heavy atom. The topological polar surface area (TPSA) is 64.7 Å². The van der Waals surface area contributed by atoms with Crippen LogP contribution in [0.3, 0.4) is 0 Å². The van der Waals surface area contributed by atoms with E-state index in [0.29, 0.717) is 0 Å². The van der Waals surface area contributed by atoms with Gasteiger partial charge in [0.2, 0.25) is 0 Å². The van der Waals surface area contributed by atoms with E-state index < -0.39 is 11.7 Å². The second kappa shape index (κ2) is 4.00. The smallest absolute Gasteiger partial charge is 0.382 e. The first-order valence-electron chi connectivity index (χ1n) is 4.57. The van der Waals surface area contributed by atoms with Crippen molar-refractivity contribution in [2.75, 3.05) is 5.73 Å². The summed E-state index contributed by atoms with van der Waals surface area (Å²) in [6.07, 6.45) is 0.165.